The molecular formula is C18H16B2O6. The molecule has 0 saturated carbocycles. The summed E-state index contributed by atoms with van der Waals surface area (Å²) in [6, 6.07) is 13.2. The molecular weight excluding hydrogens is 334 g/mol. The summed E-state index contributed by atoms with van der Waals surface area (Å²) in [5.74, 6) is 1.70. The maximum atomic E-state index is 6.16. The largest absolute Gasteiger partial charge is 0.636 e. The van der Waals surface area contributed by atoms with Crippen LogP contribution >= 0.6 is 0 Å². The highest BCUT2D eigenvalue weighted by atomic mass is 16.6. The van der Waals surface area contributed by atoms with Gasteiger partial charge in [0.25, 0.3) is 0 Å². The van der Waals surface area contributed by atoms with E-state index in [1.54, 1.807) is 0 Å². The molecule has 0 atom stereocenters. The first-order chi connectivity index (χ1) is 12.9. The highest BCUT2D eigenvalue weighted by molar-refractivity contribution is 6.66. The van der Waals surface area contributed by atoms with Crippen LogP contribution in [0.5, 0.6) is 17.2 Å². The molecule has 0 radical (unpaired) electrons. The Balaban J connectivity index is 1.79. The lowest BCUT2D eigenvalue weighted by atomic mass is 9.72. The van der Waals surface area contributed by atoms with Crippen LogP contribution in [0.1, 0.15) is 6.92 Å². The van der Waals surface area contributed by atoms with Gasteiger partial charge in [0.05, 0.1) is 42.6 Å². The molecule has 0 spiro atoms. The Morgan fingerprint density at radius 1 is 0.731 bits per heavy atom. The van der Waals surface area contributed by atoms with E-state index in [4.69, 9.17) is 28.1 Å². The molecule has 6 nitrogen and oxygen atoms in total. The van der Waals surface area contributed by atoms with E-state index in [-0.39, 0.29) is 0 Å². The van der Waals surface area contributed by atoms with Crippen molar-refractivity contribution < 1.29 is 28.1 Å². The van der Waals surface area contributed by atoms with Crippen LogP contribution in [-0.4, -0.2) is 20.8 Å². The number of hydrogen-bond acceptors (Lipinski definition) is 6. The minimum absolute atomic E-state index is 0.451. The van der Waals surface area contributed by atoms with E-state index in [0.29, 0.717) is 29.3 Å². The second kappa shape index (κ2) is 7.39. The Labute approximate surface area is 152 Å². The number of hydrogen-bond donors (Lipinski definition) is 0. The summed E-state index contributed by atoms with van der Waals surface area (Å²) >= 11 is 0. The van der Waals surface area contributed by atoms with Crippen molar-refractivity contribution in [1.29, 1.82) is 0 Å². The molecule has 2 aliphatic heterocycles. The third-order valence-electron chi connectivity index (χ3n) is 3.85. The van der Waals surface area contributed by atoms with Crippen LogP contribution in [0.2, 0.25) is 0 Å². The van der Waals surface area contributed by atoms with Gasteiger partial charge in [-0.1, -0.05) is 30.3 Å². The highest BCUT2D eigenvalue weighted by Gasteiger charge is 2.38. The van der Waals surface area contributed by atoms with Crippen molar-refractivity contribution in [2.45, 2.75) is 6.92 Å². The van der Waals surface area contributed by atoms with Gasteiger partial charge < -0.3 is 28.1 Å². The highest BCUT2D eigenvalue weighted by Crippen LogP contribution is 2.31. The second-order valence-electron chi connectivity index (χ2n) is 5.50. The summed E-state index contributed by atoms with van der Waals surface area (Å²) in [5.41, 5.74) is 1.43. The summed E-state index contributed by atoms with van der Waals surface area (Å²) in [6.45, 7) is 2.36. The third kappa shape index (κ3) is 3.18. The molecule has 0 bridgehead atoms. The zero-order chi connectivity index (χ0) is 17.8. The van der Waals surface area contributed by atoms with E-state index in [0.717, 1.165) is 5.46 Å². The van der Waals surface area contributed by atoms with E-state index >= 15 is 0 Å². The van der Waals surface area contributed by atoms with Crippen LogP contribution < -0.4 is 20.4 Å². The number of benzene rings is 2. The first kappa shape index (κ1) is 16.3. The SMILES string of the molecule is CCOc1c(B2OC=CO2)ccc(B2OC=CO2)c1Oc1ccccc1. The first-order valence-corrected chi connectivity index (χ1v) is 8.31. The quantitative estimate of drug-likeness (QED) is 0.746. The molecule has 26 heavy (non-hydrogen) atoms. The number of rotatable bonds is 6. The topological polar surface area (TPSA) is 55.4 Å². The Hall–Kier alpha value is -3.15. The van der Waals surface area contributed by atoms with Gasteiger partial charge >= 0.3 is 14.2 Å². The molecule has 130 valence electrons. The van der Waals surface area contributed by atoms with Gasteiger partial charge in [0, 0.05) is 0 Å². The van der Waals surface area contributed by atoms with E-state index in [1.807, 2.05) is 49.4 Å². The zero-order valence-corrected chi connectivity index (χ0v) is 14.2. The average molecular weight is 350 g/mol. The van der Waals surface area contributed by atoms with Gasteiger partial charge in [0.2, 0.25) is 0 Å². The van der Waals surface area contributed by atoms with Crippen LogP contribution in [-0.2, 0) is 18.6 Å². The summed E-state index contributed by atoms with van der Waals surface area (Å²) in [4.78, 5) is 0. The second-order valence-corrected chi connectivity index (χ2v) is 5.50. The lowest BCUT2D eigenvalue weighted by molar-refractivity contribution is 0.321. The molecule has 0 fully saturated rings. The Bertz CT molecular complexity index is 808. The Morgan fingerprint density at radius 2 is 1.27 bits per heavy atom. The molecule has 0 aromatic heterocycles. The molecule has 0 amide bonds. The van der Waals surface area contributed by atoms with E-state index in [9.17, 15) is 0 Å². The van der Waals surface area contributed by atoms with Crippen molar-refractivity contribution in [2.24, 2.45) is 0 Å². The summed E-state index contributed by atoms with van der Waals surface area (Å²) in [6.07, 6.45) is 6.00. The van der Waals surface area contributed by atoms with Crippen molar-refractivity contribution in [3.8, 4) is 17.2 Å². The van der Waals surface area contributed by atoms with Crippen LogP contribution in [0, 0.1) is 0 Å². The molecule has 0 N–H and O–H groups in total. The number of ether oxygens (including phenoxy) is 2. The van der Waals surface area contributed by atoms with Crippen molar-refractivity contribution in [3.63, 3.8) is 0 Å². The minimum Gasteiger partial charge on any atom is -0.525 e. The van der Waals surface area contributed by atoms with E-state index < -0.39 is 14.2 Å². The molecule has 8 heteroatoms. The van der Waals surface area contributed by atoms with Crippen LogP contribution in [0.15, 0.2) is 67.5 Å². The fraction of sp³-hybridized carbons (Fsp3) is 0.111. The van der Waals surface area contributed by atoms with Crippen molar-refractivity contribution in [1.82, 2.24) is 0 Å². The molecule has 2 aromatic rings. The van der Waals surface area contributed by atoms with Crippen LogP contribution in [0.3, 0.4) is 0 Å². The molecule has 0 saturated heterocycles. The molecule has 2 heterocycles. The lowest BCUT2D eigenvalue weighted by Gasteiger charge is -2.20. The van der Waals surface area contributed by atoms with Crippen molar-refractivity contribution >= 4 is 25.2 Å². The lowest BCUT2D eigenvalue weighted by Crippen LogP contribution is -2.38. The fourth-order valence-electron chi connectivity index (χ4n) is 2.74. The van der Waals surface area contributed by atoms with E-state index in [2.05, 4.69) is 0 Å². The Morgan fingerprint density at radius 3 is 1.81 bits per heavy atom. The molecule has 2 aromatic carbocycles. The van der Waals surface area contributed by atoms with Crippen LogP contribution in [0.4, 0.5) is 0 Å². The van der Waals surface area contributed by atoms with Gasteiger partial charge in [0.1, 0.15) is 5.75 Å². The average Bonchev–Trinajstić information content (AvgIpc) is 3.38. The molecule has 4 rings (SSSR count). The standard InChI is InChI=1S/C18H16B2O6/c1-2-21-17-15(19-22-10-11-23-19)8-9-16(20-24-12-13-25-20)18(17)26-14-6-4-3-5-7-14/h3-13H,2H2,1H3. The van der Waals surface area contributed by atoms with Crippen molar-refractivity contribution in [3.05, 3.63) is 67.5 Å². The van der Waals surface area contributed by atoms with Gasteiger partial charge in [-0.15, -0.1) is 0 Å². The van der Waals surface area contributed by atoms with Gasteiger partial charge in [0.15, 0.2) is 11.5 Å². The summed E-state index contributed by atoms with van der Waals surface area (Å²) in [5, 5.41) is 0. The smallest absolute Gasteiger partial charge is 0.525 e. The molecule has 0 aliphatic carbocycles. The van der Waals surface area contributed by atoms with Gasteiger partial charge in [-0.05, 0) is 19.1 Å². The van der Waals surface area contributed by atoms with Crippen LogP contribution in [0.25, 0.3) is 0 Å². The van der Waals surface area contributed by atoms with Crippen molar-refractivity contribution in [2.75, 3.05) is 6.61 Å². The normalized spacial score (nSPS) is 14.5. The minimum atomic E-state index is -0.606. The monoisotopic (exact) mass is 350 g/mol. The third-order valence-corrected chi connectivity index (χ3v) is 3.85. The van der Waals surface area contributed by atoms with E-state index in [1.165, 1.54) is 25.0 Å². The molecule has 0 unspecified atom stereocenters. The van der Waals surface area contributed by atoms with Gasteiger partial charge in [-0.25, -0.2) is 0 Å². The maximum Gasteiger partial charge on any atom is 0.636 e. The first-order valence-electron chi connectivity index (χ1n) is 8.31. The fourth-order valence-corrected chi connectivity index (χ4v) is 2.74. The Kier molecular flexibility index (Phi) is 4.64. The zero-order valence-electron chi connectivity index (χ0n) is 14.2. The predicted octanol–water partition coefficient (Wildman–Crippen LogP) is 2.30. The number of para-hydroxylation sites is 1. The summed E-state index contributed by atoms with van der Waals surface area (Å²) < 4.78 is 34.0. The maximum absolute atomic E-state index is 6.16. The van der Waals surface area contributed by atoms with Gasteiger partial charge in [-0.2, -0.15) is 0 Å². The summed E-state index contributed by atoms with van der Waals surface area (Å²) in [7, 11) is -1.20. The predicted molar refractivity (Wildman–Crippen MR) is 97.5 cm³/mol. The molecule has 2 aliphatic rings. The van der Waals surface area contributed by atoms with Gasteiger partial charge in [-0.3, -0.25) is 0 Å².